The van der Waals surface area contributed by atoms with Gasteiger partial charge in [-0.25, -0.2) is 0 Å². The Morgan fingerprint density at radius 3 is 2.39 bits per heavy atom. The number of nitrogens with one attached hydrogen (secondary N) is 1. The van der Waals surface area contributed by atoms with Crippen molar-refractivity contribution in [1.29, 1.82) is 0 Å². The van der Waals surface area contributed by atoms with Crippen LogP contribution in [-0.4, -0.2) is 19.7 Å². The third-order valence-corrected chi connectivity index (χ3v) is 5.18. The Kier molecular flexibility index (Phi) is 5.38. The monoisotopic (exact) mass is 374 g/mol. The van der Waals surface area contributed by atoms with Crippen LogP contribution in [0.5, 0.6) is 11.5 Å². The van der Waals surface area contributed by atoms with Gasteiger partial charge in [0, 0.05) is 36.6 Å². The second-order valence-corrected chi connectivity index (χ2v) is 7.13. The summed E-state index contributed by atoms with van der Waals surface area (Å²) in [5, 5.41) is 3.59. The molecule has 144 valence electrons. The molecule has 0 saturated carbocycles. The molecular formula is C24H26N2O2. The van der Waals surface area contributed by atoms with Crippen molar-refractivity contribution < 1.29 is 9.47 Å². The van der Waals surface area contributed by atoms with E-state index < -0.39 is 0 Å². The van der Waals surface area contributed by atoms with E-state index in [9.17, 15) is 0 Å². The predicted octanol–water partition coefficient (Wildman–Crippen LogP) is 5.09. The van der Waals surface area contributed by atoms with Crippen molar-refractivity contribution >= 4 is 11.4 Å². The summed E-state index contributed by atoms with van der Waals surface area (Å²) in [4.78, 5) is 2.42. The molecule has 1 N–H and O–H groups in total. The fourth-order valence-corrected chi connectivity index (χ4v) is 3.58. The van der Waals surface area contributed by atoms with E-state index in [1.165, 1.54) is 11.3 Å². The molecule has 0 bridgehead atoms. The molecule has 3 aromatic rings. The standard InChI is InChI=1S/C24H26N2O2/c1-18-15-25-22-14-24(28-17-19-9-5-3-6-10-19)23(27-2)13-20(22)16-26(18)21-11-7-4-8-12-21/h3-14,18,25H,15-17H2,1-2H3/t18-/m0/s1. The highest BCUT2D eigenvalue weighted by molar-refractivity contribution is 5.63. The molecule has 0 aromatic heterocycles. The smallest absolute Gasteiger partial charge is 0.163 e. The normalized spacial score (nSPS) is 15.9. The Morgan fingerprint density at radius 2 is 1.68 bits per heavy atom. The highest BCUT2D eigenvalue weighted by atomic mass is 16.5. The maximum Gasteiger partial charge on any atom is 0.163 e. The summed E-state index contributed by atoms with van der Waals surface area (Å²) in [7, 11) is 1.69. The lowest BCUT2D eigenvalue weighted by atomic mass is 10.1. The van der Waals surface area contributed by atoms with Crippen LogP contribution >= 0.6 is 0 Å². The van der Waals surface area contributed by atoms with E-state index >= 15 is 0 Å². The molecule has 0 radical (unpaired) electrons. The summed E-state index contributed by atoms with van der Waals surface area (Å²) in [5.74, 6) is 1.53. The minimum absolute atomic E-state index is 0.370. The molecule has 0 unspecified atom stereocenters. The second kappa shape index (κ2) is 8.26. The Hall–Kier alpha value is -3.14. The number of fused-ring (bicyclic) bond motifs is 1. The van der Waals surface area contributed by atoms with Crippen LogP contribution in [0.1, 0.15) is 18.1 Å². The Labute approximate surface area is 166 Å². The van der Waals surface area contributed by atoms with Crippen LogP contribution in [0.4, 0.5) is 11.4 Å². The van der Waals surface area contributed by atoms with Crippen LogP contribution < -0.4 is 19.7 Å². The zero-order valence-corrected chi connectivity index (χ0v) is 16.4. The molecule has 0 spiro atoms. The highest BCUT2D eigenvalue weighted by Gasteiger charge is 2.22. The SMILES string of the molecule is COc1cc2c(cc1OCc1ccccc1)NC[C@H](C)N(c1ccccc1)C2. The molecule has 0 amide bonds. The van der Waals surface area contributed by atoms with Crippen LogP contribution in [0.25, 0.3) is 0 Å². The molecule has 28 heavy (non-hydrogen) atoms. The summed E-state index contributed by atoms with van der Waals surface area (Å²) in [6.45, 7) is 4.45. The molecular weight excluding hydrogens is 348 g/mol. The van der Waals surface area contributed by atoms with Gasteiger partial charge in [0.25, 0.3) is 0 Å². The first kappa shape index (κ1) is 18.2. The fraction of sp³-hybridized carbons (Fsp3) is 0.250. The van der Waals surface area contributed by atoms with Crippen LogP contribution in [0.3, 0.4) is 0 Å². The number of hydrogen-bond donors (Lipinski definition) is 1. The maximum atomic E-state index is 6.08. The number of rotatable bonds is 5. The lowest BCUT2D eigenvalue weighted by molar-refractivity contribution is 0.284. The minimum Gasteiger partial charge on any atom is -0.493 e. The van der Waals surface area contributed by atoms with E-state index in [1.54, 1.807) is 7.11 Å². The van der Waals surface area contributed by atoms with Gasteiger partial charge in [-0.2, -0.15) is 0 Å². The zero-order chi connectivity index (χ0) is 19.3. The quantitative estimate of drug-likeness (QED) is 0.674. The van der Waals surface area contributed by atoms with Crippen molar-refractivity contribution in [1.82, 2.24) is 0 Å². The van der Waals surface area contributed by atoms with Gasteiger partial charge in [-0.05, 0) is 36.2 Å². The van der Waals surface area contributed by atoms with Gasteiger partial charge in [-0.1, -0.05) is 48.5 Å². The van der Waals surface area contributed by atoms with Crippen molar-refractivity contribution in [3.63, 3.8) is 0 Å². The van der Waals surface area contributed by atoms with Gasteiger partial charge >= 0.3 is 0 Å². The van der Waals surface area contributed by atoms with Crippen molar-refractivity contribution in [3.05, 3.63) is 83.9 Å². The van der Waals surface area contributed by atoms with E-state index in [1.807, 2.05) is 18.2 Å². The molecule has 4 heteroatoms. The molecule has 1 heterocycles. The number of anilines is 2. The first-order chi connectivity index (χ1) is 13.7. The Bertz CT molecular complexity index is 913. The maximum absolute atomic E-state index is 6.08. The number of nitrogens with zero attached hydrogens (tertiary/aromatic N) is 1. The molecule has 1 aliphatic heterocycles. The number of para-hydroxylation sites is 1. The molecule has 0 aliphatic carbocycles. The largest absolute Gasteiger partial charge is 0.493 e. The van der Waals surface area contributed by atoms with E-state index in [0.717, 1.165) is 35.8 Å². The summed E-state index contributed by atoms with van der Waals surface area (Å²) < 4.78 is 11.7. The highest BCUT2D eigenvalue weighted by Crippen LogP contribution is 2.37. The van der Waals surface area contributed by atoms with Crippen LogP contribution in [0.15, 0.2) is 72.8 Å². The molecule has 0 saturated heterocycles. The lowest BCUT2D eigenvalue weighted by Gasteiger charge is -2.29. The third kappa shape index (κ3) is 3.91. The summed E-state index contributed by atoms with van der Waals surface area (Å²) in [6, 6.07) is 25.3. The third-order valence-electron chi connectivity index (χ3n) is 5.18. The van der Waals surface area contributed by atoms with Crippen LogP contribution in [-0.2, 0) is 13.2 Å². The van der Waals surface area contributed by atoms with E-state index in [2.05, 4.69) is 71.7 Å². The van der Waals surface area contributed by atoms with Gasteiger partial charge in [0.1, 0.15) is 6.61 Å². The molecule has 3 aromatic carbocycles. The van der Waals surface area contributed by atoms with Crippen molar-refractivity contribution in [2.45, 2.75) is 26.1 Å². The Morgan fingerprint density at radius 1 is 0.964 bits per heavy atom. The topological polar surface area (TPSA) is 33.7 Å². The van der Waals surface area contributed by atoms with Gasteiger partial charge in [-0.15, -0.1) is 0 Å². The first-order valence-corrected chi connectivity index (χ1v) is 9.68. The Balaban J connectivity index is 1.60. The molecule has 1 aliphatic rings. The fourth-order valence-electron chi connectivity index (χ4n) is 3.58. The van der Waals surface area contributed by atoms with Gasteiger partial charge in [0.15, 0.2) is 11.5 Å². The predicted molar refractivity (Wildman–Crippen MR) is 114 cm³/mol. The molecule has 0 fully saturated rings. The number of ether oxygens (including phenoxy) is 2. The van der Waals surface area contributed by atoms with E-state index in [4.69, 9.17) is 9.47 Å². The number of benzene rings is 3. The molecule has 1 atom stereocenters. The number of methoxy groups -OCH3 is 1. The minimum atomic E-state index is 0.370. The van der Waals surface area contributed by atoms with Gasteiger partial charge in [0.2, 0.25) is 0 Å². The van der Waals surface area contributed by atoms with E-state index in [-0.39, 0.29) is 0 Å². The summed E-state index contributed by atoms with van der Waals surface area (Å²) in [5.41, 5.74) is 4.68. The number of hydrogen-bond acceptors (Lipinski definition) is 4. The van der Waals surface area contributed by atoms with Crippen LogP contribution in [0.2, 0.25) is 0 Å². The summed E-state index contributed by atoms with van der Waals surface area (Å²) >= 11 is 0. The average Bonchev–Trinajstić information content (AvgIpc) is 2.91. The molecule has 4 rings (SSSR count). The second-order valence-electron chi connectivity index (χ2n) is 7.13. The van der Waals surface area contributed by atoms with Gasteiger partial charge < -0.3 is 19.7 Å². The average molecular weight is 374 g/mol. The lowest BCUT2D eigenvalue weighted by Crippen LogP contribution is -2.35. The van der Waals surface area contributed by atoms with Gasteiger partial charge in [-0.3, -0.25) is 0 Å². The van der Waals surface area contributed by atoms with Crippen molar-refractivity contribution in [2.75, 3.05) is 23.9 Å². The zero-order valence-electron chi connectivity index (χ0n) is 16.4. The van der Waals surface area contributed by atoms with Crippen LogP contribution in [0, 0.1) is 0 Å². The van der Waals surface area contributed by atoms with Gasteiger partial charge in [0.05, 0.1) is 7.11 Å². The molecule has 4 nitrogen and oxygen atoms in total. The summed E-state index contributed by atoms with van der Waals surface area (Å²) in [6.07, 6.45) is 0. The van der Waals surface area contributed by atoms with Crippen molar-refractivity contribution in [2.24, 2.45) is 0 Å². The van der Waals surface area contributed by atoms with E-state index in [0.29, 0.717) is 12.6 Å². The van der Waals surface area contributed by atoms with Crippen molar-refractivity contribution in [3.8, 4) is 11.5 Å². The first-order valence-electron chi connectivity index (χ1n) is 9.68.